The highest BCUT2D eigenvalue weighted by Gasteiger charge is 2.13. The van der Waals surface area contributed by atoms with Crippen LogP contribution in [-0.2, 0) is 61.7 Å². The maximum atomic E-state index is 12.0. The Balaban J connectivity index is 1.67. The molecule has 1 aromatic carbocycles. The second kappa shape index (κ2) is 31.2. The standard InChI is InChI=1S/C28H49BrO13S/c29-6-7-32-8-9-33-10-11-34-12-13-35-14-15-36-16-17-37-18-19-38-20-21-39-22-23-40-24-25-41-26-27-42-43(30,31)28-4-2-1-3-5-28/h1-5H,6-27H2. The second-order valence-corrected chi connectivity index (χ2v) is 10.8. The fourth-order valence-electron chi connectivity index (χ4n) is 2.99. The van der Waals surface area contributed by atoms with Crippen molar-refractivity contribution in [2.24, 2.45) is 0 Å². The molecule has 0 bridgehead atoms. The van der Waals surface area contributed by atoms with Gasteiger partial charge in [0.1, 0.15) is 0 Å². The van der Waals surface area contributed by atoms with Crippen LogP contribution in [0.3, 0.4) is 0 Å². The van der Waals surface area contributed by atoms with Gasteiger partial charge < -0.3 is 47.4 Å². The van der Waals surface area contributed by atoms with E-state index in [2.05, 4.69) is 15.9 Å². The summed E-state index contributed by atoms with van der Waals surface area (Å²) < 4.78 is 82.8. The molecule has 0 amide bonds. The third kappa shape index (κ3) is 27.3. The van der Waals surface area contributed by atoms with Gasteiger partial charge in [0.2, 0.25) is 0 Å². The highest BCUT2D eigenvalue weighted by Crippen LogP contribution is 2.10. The van der Waals surface area contributed by atoms with E-state index in [1.54, 1.807) is 18.2 Å². The van der Waals surface area contributed by atoms with Crippen LogP contribution in [0.5, 0.6) is 0 Å². The lowest BCUT2D eigenvalue weighted by Gasteiger charge is -2.09. The second-order valence-electron chi connectivity index (χ2n) is 8.40. The molecule has 0 heterocycles. The van der Waals surface area contributed by atoms with Crippen LogP contribution in [-0.4, -0.2) is 152 Å². The molecule has 0 aliphatic heterocycles. The van der Waals surface area contributed by atoms with Crippen molar-refractivity contribution in [3.8, 4) is 0 Å². The monoisotopic (exact) mass is 704 g/mol. The molecular formula is C28H49BrO13S. The minimum absolute atomic E-state index is 0.0566. The lowest BCUT2D eigenvalue weighted by atomic mass is 10.4. The van der Waals surface area contributed by atoms with Gasteiger partial charge in [0.25, 0.3) is 10.1 Å². The Morgan fingerprint density at radius 2 is 0.651 bits per heavy atom. The molecule has 1 aromatic rings. The number of benzene rings is 1. The Morgan fingerprint density at radius 1 is 0.395 bits per heavy atom. The zero-order valence-electron chi connectivity index (χ0n) is 25.0. The van der Waals surface area contributed by atoms with Gasteiger partial charge in [-0.3, -0.25) is 4.18 Å². The van der Waals surface area contributed by atoms with E-state index >= 15 is 0 Å². The molecule has 0 spiro atoms. The van der Waals surface area contributed by atoms with E-state index in [1.807, 2.05) is 0 Å². The first-order valence-electron chi connectivity index (χ1n) is 14.4. The summed E-state index contributed by atoms with van der Waals surface area (Å²) in [7, 11) is -3.75. The summed E-state index contributed by atoms with van der Waals surface area (Å²) in [6.45, 7) is 9.52. The van der Waals surface area contributed by atoms with Gasteiger partial charge in [-0.05, 0) is 12.1 Å². The van der Waals surface area contributed by atoms with Crippen LogP contribution < -0.4 is 0 Å². The SMILES string of the molecule is O=S(=O)(OCCOCCOCCOCCOCCOCCOCCOCCOCCOCCOCCBr)c1ccccc1. The van der Waals surface area contributed by atoms with E-state index in [-0.39, 0.29) is 18.1 Å². The molecule has 0 atom stereocenters. The summed E-state index contributed by atoms with van der Waals surface area (Å²) in [4.78, 5) is 0.121. The van der Waals surface area contributed by atoms with Crippen LogP contribution in [0.25, 0.3) is 0 Å². The van der Waals surface area contributed by atoms with Crippen LogP contribution in [0.2, 0.25) is 0 Å². The quantitative estimate of drug-likeness (QED) is 0.0588. The average molecular weight is 706 g/mol. The van der Waals surface area contributed by atoms with Crippen LogP contribution >= 0.6 is 15.9 Å². The number of hydrogen-bond donors (Lipinski definition) is 0. The molecule has 15 heteroatoms. The fourth-order valence-corrected chi connectivity index (χ4v) is 4.14. The van der Waals surface area contributed by atoms with Crippen molar-refractivity contribution >= 4 is 26.0 Å². The van der Waals surface area contributed by atoms with Gasteiger partial charge in [0, 0.05) is 5.33 Å². The first-order valence-corrected chi connectivity index (χ1v) is 17.0. The number of ether oxygens (including phenoxy) is 10. The van der Waals surface area contributed by atoms with E-state index in [1.165, 1.54) is 12.1 Å². The molecule has 0 saturated carbocycles. The Bertz CT molecular complexity index is 805. The van der Waals surface area contributed by atoms with E-state index < -0.39 is 10.1 Å². The largest absolute Gasteiger partial charge is 0.378 e. The first-order chi connectivity index (χ1) is 21.2. The molecule has 0 saturated heterocycles. The Labute approximate surface area is 264 Å². The average Bonchev–Trinajstić information content (AvgIpc) is 3.02. The molecule has 0 aromatic heterocycles. The maximum absolute atomic E-state index is 12.0. The maximum Gasteiger partial charge on any atom is 0.297 e. The summed E-state index contributed by atoms with van der Waals surface area (Å²) in [5.41, 5.74) is 0. The zero-order chi connectivity index (χ0) is 30.9. The molecule has 1 rings (SSSR count). The highest BCUT2D eigenvalue weighted by atomic mass is 79.9. The molecule has 0 aliphatic rings. The van der Waals surface area contributed by atoms with Gasteiger partial charge in [-0.25, -0.2) is 0 Å². The van der Waals surface area contributed by atoms with Gasteiger partial charge in [-0.2, -0.15) is 8.42 Å². The summed E-state index contributed by atoms with van der Waals surface area (Å²) in [6, 6.07) is 7.98. The highest BCUT2D eigenvalue weighted by molar-refractivity contribution is 9.09. The Morgan fingerprint density at radius 3 is 0.930 bits per heavy atom. The molecule has 0 radical (unpaired) electrons. The van der Waals surface area contributed by atoms with Crippen molar-refractivity contribution in [3.05, 3.63) is 30.3 Å². The summed E-state index contributed by atoms with van der Waals surface area (Å²) in [5, 5.41) is 0.831. The molecule has 0 aliphatic carbocycles. The van der Waals surface area contributed by atoms with Gasteiger partial charge >= 0.3 is 0 Å². The molecule has 0 unspecified atom stereocenters. The number of alkyl halides is 1. The van der Waals surface area contributed by atoms with Crippen LogP contribution in [0, 0.1) is 0 Å². The van der Waals surface area contributed by atoms with Gasteiger partial charge in [0.05, 0.1) is 144 Å². The summed E-state index contributed by atoms with van der Waals surface area (Å²) in [6.07, 6.45) is 0. The molecule has 252 valence electrons. The third-order valence-corrected chi connectivity index (χ3v) is 6.72. The fraction of sp³-hybridized carbons (Fsp3) is 0.786. The molecule has 13 nitrogen and oxygen atoms in total. The van der Waals surface area contributed by atoms with Gasteiger partial charge in [-0.1, -0.05) is 34.1 Å². The van der Waals surface area contributed by atoms with E-state index in [4.69, 9.17) is 51.6 Å². The van der Waals surface area contributed by atoms with Crippen molar-refractivity contribution in [3.63, 3.8) is 0 Å². The molecule has 0 N–H and O–H groups in total. The van der Waals surface area contributed by atoms with Gasteiger partial charge in [0.15, 0.2) is 0 Å². The predicted molar refractivity (Wildman–Crippen MR) is 162 cm³/mol. The van der Waals surface area contributed by atoms with Crippen LogP contribution in [0.1, 0.15) is 0 Å². The van der Waals surface area contributed by atoms with Gasteiger partial charge in [-0.15, -0.1) is 0 Å². The minimum Gasteiger partial charge on any atom is -0.378 e. The minimum atomic E-state index is -3.75. The smallest absolute Gasteiger partial charge is 0.297 e. The zero-order valence-corrected chi connectivity index (χ0v) is 27.4. The van der Waals surface area contributed by atoms with Crippen LogP contribution in [0.4, 0.5) is 0 Å². The van der Waals surface area contributed by atoms with E-state index in [0.717, 1.165) is 5.33 Å². The number of halogens is 1. The summed E-state index contributed by atoms with van der Waals surface area (Å²) in [5.74, 6) is 0. The topological polar surface area (TPSA) is 136 Å². The lowest BCUT2D eigenvalue weighted by molar-refractivity contribution is -0.0265. The first kappa shape index (κ1) is 40.2. The van der Waals surface area contributed by atoms with Crippen molar-refractivity contribution in [1.29, 1.82) is 0 Å². The van der Waals surface area contributed by atoms with Crippen molar-refractivity contribution < 1.29 is 60.0 Å². The molecule has 43 heavy (non-hydrogen) atoms. The molecule has 0 fully saturated rings. The summed E-state index contributed by atoms with van der Waals surface area (Å²) >= 11 is 3.29. The van der Waals surface area contributed by atoms with E-state index in [0.29, 0.717) is 126 Å². The predicted octanol–water partition coefficient (Wildman–Crippen LogP) is 1.95. The van der Waals surface area contributed by atoms with E-state index in [9.17, 15) is 8.42 Å². The van der Waals surface area contributed by atoms with Crippen molar-refractivity contribution in [2.75, 3.05) is 144 Å². The van der Waals surface area contributed by atoms with Crippen molar-refractivity contribution in [1.82, 2.24) is 0 Å². The Hall–Kier alpha value is -0.790. The van der Waals surface area contributed by atoms with Crippen molar-refractivity contribution in [2.45, 2.75) is 4.90 Å². The number of hydrogen-bond acceptors (Lipinski definition) is 13. The third-order valence-electron chi connectivity index (χ3n) is 5.07. The Kier molecular flexibility index (Phi) is 29.2. The lowest BCUT2D eigenvalue weighted by Crippen LogP contribution is -2.15. The number of rotatable bonds is 34. The van der Waals surface area contributed by atoms with Crippen LogP contribution in [0.15, 0.2) is 35.2 Å². The molecular weight excluding hydrogens is 656 g/mol. The normalized spacial score (nSPS) is 11.8.